The van der Waals surface area contributed by atoms with Crippen LogP contribution in [-0.4, -0.2) is 41.8 Å². The van der Waals surface area contributed by atoms with Crippen molar-refractivity contribution in [2.75, 3.05) is 6.61 Å². The van der Waals surface area contributed by atoms with Gasteiger partial charge in [0.05, 0.1) is 6.42 Å². The van der Waals surface area contributed by atoms with Crippen molar-refractivity contribution in [3.63, 3.8) is 0 Å². The lowest BCUT2D eigenvalue weighted by atomic mass is 9.84. The summed E-state index contributed by atoms with van der Waals surface area (Å²) in [6, 6.07) is 15.3. The Balaban J connectivity index is 1.62. The smallest absolute Gasteiger partial charge is 0.407 e. The van der Waals surface area contributed by atoms with E-state index in [2.05, 4.69) is 34.9 Å². The van der Waals surface area contributed by atoms with Gasteiger partial charge in [-0.1, -0.05) is 69.3 Å². The van der Waals surface area contributed by atoms with E-state index in [1.54, 1.807) is 6.92 Å². The van der Waals surface area contributed by atoms with Crippen molar-refractivity contribution in [1.82, 2.24) is 10.6 Å². The van der Waals surface area contributed by atoms with Crippen molar-refractivity contribution in [2.45, 2.75) is 58.5 Å². The third kappa shape index (κ3) is 6.12. The maximum atomic E-state index is 12.7. The molecule has 0 radical (unpaired) electrons. The van der Waals surface area contributed by atoms with E-state index < -0.39 is 29.6 Å². The van der Waals surface area contributed by atoms with Crippen LogP contribution in [0.4, 0.5) is 4.79 Å². The molecule has 0 fully saturated rings. The number of hydrogen-bond acceptors (Lipinski definition) is 4. The summed E-state index contributed by atoms with van der Waals surface area (Å²) in [4.78, 5) is 35.9. The molecule has 2 unspecified atom stereocenters. The summed E-state index contributed by atoms with van der Waals surface area (Å²) < 4.78 is 5.62. The van der Waals surface area contributed by atoms with E-state index in [4.69, 9.17) is 9.84 Å². The van der Waals surface area contributed by atoms with Crippen LogP contribution in [0.3, 0.4) is 0 Å². The number of benzene rings is 2. The molecule has 0 saturated heterocycles. The molecule has 0 heterocycles. The highest BCUT2D eigenvalue weighted by Gasteiger charge is 2.32. The summed E-state index contributed by atoms with van der Waals surface area (Å²) in [5, 5.41) is 14.4. The van der Waals surface area contributed by atoms with Gasteiger partial charge in [0.2, 0.25) is 5.91 Å². The molecule has 0 saturated carbocycles. The number of rotatable bonds is 8. The third-order valence-electron chi connectivity index (χ3n) is 5.96. The molecule has 7 nitrogen and oxygen atoms in total. The molecule has 7 heteroatoms. The molecule has 3 N–H and O–H groups in total. The van der Waals surface area contributed by atoms with Gasteiger partial charge < -0.3 is 20.5 Å². The zero-order valence-corrected chi connectivity index (χ0v) is 19.6. The average Bonchev–Trinajstić information content (AvgIpc) is 3.04. The van der Waals surface area contributed by atoms with Gasteiger partial charge in [-0.15, -0.1) is 0 Å². The van der Waals surface area contributed by atoms with Crippen LogP contribution in [0.2, 0.25) is 0 Å². The molecule has 2 aromatic carbocycles. The van der Waals surface area contributed by atoms with Crippen LogP contribution < -0.4 is 10.6 Å². The number of hydrogen-bond donors (Lipinski definition) is 3. The van der Waals surface area contributed by atoms with E-state index in [-0.39, 0.29) is 31.3 Å². The lowest BCUT2D eigenvalue weighted by Crippen LogP contribution is -2.48. The first-order valence-electron chi connectivity index (χ1n) is 11.2. The van der Waals surface area contributed by atoms with Crippen LogP contribution in [0.1, 0.15) is 57.6 Å². The molecule has 2 atom stereocenters. The summed E-state index contributed by atoms with van der Waals surface area (Å²) in [7, 11) is 0. The molecular weight excluding hydrogens is 420 g/mol. The number of carboxylic acid groups (broad SMARTS) is 1. The van der Waals surface area contributed by atoms with Crippen molar-refractivity contribution in [1.29, 1.82) is 0 Å². The Morgan fingerprint density at radius 1 is 0.939 bits per heavy atom. The Labute approximate surface area is 194 Å². The van der Waals surface area contributed by atoms with E-state index in [9.17, 15) is 14.4 Å². The van der Waals surface area contributed by atoms with Gasteiger partial charge in [-0.05, 0) is 34.6 Å². The number of aliphatic carboxylic acids is 1. The van der Waals surface area contributed by atoms with E-state index in [0.29, 0.717) is 0 Å². The summed E-state index contributed by atoms with van der Waals surface area (Å²) in [5.41, 5.74) is 4.17. The van der Waals surface area contributed by atoms with Gasteiger partial charge in [-0.2, -0.15) is 0 Å². The van der Waals surface area contributed by atoms with E-state index in [0.717, 1.165) is 22.3 Å². The number of fused-ring (bicyclic) bond motifs is 3. The molecule has 1 aliphatic rings. The second-order valence-corrected chi connectivity index (χ2v) is 9.66. The molecular formula is C26H32N2O5. The van der Waals surface area contributed by atoms with Crippen LogP contribution in [0.25, 0.3) is 11.1 Å². The number of nitrogens with one attached hydrogen (secondary N) is 2. The van der Waals surface area contributed by atoms with Crippen molar-refractivity contribution in [2.24, 2.45) is 5.41 Å². The fourth-order valence-electron chi connectivity index (χ4n) is 4.19. The van der Waals surface area contributed by atoms with Crippen LogP contribution in [0.15, 0.2) is 48.5 Å². The Hall–Kier alpha value is -3.35. The van der Waals surface area contributed by atoms with E-state index in [1.165, 1.54) is 0 Å². The topological polar surface area (TPSA) is 105 Å². The lowest BCUT2D eigenvalue weighted by molar-refractivity contribution is -0.137. The first-order chi connectivity index (χ1) is 15.6. The van der Waals surface area contributed by atoms with Crippen molar-refractivity contribution in [3.8, 4) is 11.1 Å². The van der Waals surface area contributed by atoms with E-state index >= 15 is 0 Å². The molecule has 0 aliphatic heterocycles. The van der Waals surface area contributed by atoms with Gasteiger partial charge in [-0.3, -0.25) is 9.59 Å². The summed E-state index contributed by atoms with van der Waals surface area (Å²) in [6.45, 7) is 7.61. The van der Waals surface area contributed by atoms with Crippen LogP contribution in [-0.2, 0) is 14.3 Å². The minimum atomic E-state index is -0.980. The van der Waals surface area contributed by atoms with Gasteiger partial charge >= 0.3 is 12.1 Å². The Kier molecular flexibility index (Phi) is 7.41. The van der Waals surface area contributed by atoms with Crippen LogP contribution >= 0.6 is 0 Å². The van der Waals surface area contributed by atoms with Crippen LogP contribution in [0, 0.1) is 5.41 Å². The maximum absolute atomic E-state index is 12.7. The van der Waals surface area contributed by atoms with Gasteiger partial charge in [0.15, 0.2) is 0 Å². The zero-order valence-electron chi connectivity index (χ0n) is 19.6. The van der Waals surface area contributed by atoms with Gasteiger partial charge in [-0.25, -0.2) is 4.79 Å². The highest BCUT2D eigenvalue weighted by molar-refractivity contribution is 5.80. The molecule has 33 heavy (non-hydrogen) atoms. The number of carbonyl (C=O) groups is 3. The van der Waals surface area contributed by atoms with Crippen molar-refractivity contribution < 1.29 is 24.2 Å². The molecule has 2 aromatic rings. The monoisotopic (exact) mass is 452 g/mol. The minimum Gasteiger partial charge on any atom is -0.481 e. The lowest BCUT2D eigenvalue weighted by Gasteiger charge is -2.31. The maximum Gasteiger partial charge on any atom is 0.407 e. The molecule has 1 aliphatic carbocycles. The van der Waals surface area contributed by atoms with Gasteiger partial charge in [0.25, 0.3) is 0 Å². The zero-order chi connectivity index (χ0) is 24.2. The predicted molar refractivity (Wildman–Crippen MR) is 126 cm³/mol. The Bertz CT molecular complexity index is 982. The number of ether oxygens (including phenoxy) is 1. The van der Waals surface area contributed by atoms with Crippen molar-refractivity contribution >= 4 is 18.0 Å². The second kappa shape index (κ2) is 10.1. The number of alkyl carbamates (subject to hydrolysis) is 1. The molecule has 0 spiro atoms. The highest BCUT2D eigenvalue weighted by atomic mass is 16.5. The largest absolute Gasteiger partial charge is 0.481 e. The number of carbonyl (C=O) groups excluding carboxylic acids is 2. The second-order valence-electron chi connectivity index (χ2n) is 9.66. The quantitative estimate of drug-likeness (QED) is 0.554. The standard InChI is InChI=1S/C26H32N2O5/c1-16(13-24(30)31)27-23(29)14-22(26(2,3)4)28-25(32)33-15-21-19-11-7-5-9-17(19)18-10-6-8-12-20(18)21/h5-12,16,21-22H,13-15H2,1-4H3,(H,27,29)(H,28,32)(H,30,31). The molecule has 0 aromatic heterocycles. The SMILES string of the molecule is CC(CC(=O)O)NC(=O)CC(NC(=O)OCC1c2ccccc2-c2ccccc21)C(C)(C)C. The summed E-state index contributed by atoms with van der Waals surface area (Å²) in [5.74, 6) is -1.34. The predicted octanol–water partition coefficient (Wildman–Crippen LogP) is 4.31. The minimum absolute atomic E-state index is 0.0255. The molecule has 3 rings (SSSR count). The summed E-state index contributed by atoms with van der Waals surface area (Å²) >= 11 is 0. The fourth-order valence-corrected chi connectivity index (χ4v) is 4.19. The normalized spacial score (nSPS) is 14.5. The number of carboxylic acids is 1. The molecule has 2 amide bonds. The van der Waals surface area contributed by atoms with E-state index in [1.807, 2.05) is 45.0 Å². The summed E-state index contributed by atoms with van der Waals surface area (Å²) in [6.07, 6.45) is -0.716. The van der Waals surface area contributed by atoms with Crippen LogP contribution in [0.5, 0.6) is 0 Å². The first kappa shape index (κ1) is 24.3. The number of amides is 2. The van der Waals surface area contributed by atoms with Crippen molar-refractivity contribution in [3.05, 3.63) is 59.7 Å². The first-order valence-corrected chi connectivity index (χ1v) is 11.2. The molecule has 0 bridgehead atoms. The van der Waals surface area contributed by atoms with Gasteiger partial charge in [0.1, 0.15) is 6.61 Å². The molecule has 176 valence electrons. The Morgan fingerprint density at radius 3 is 2.00 bits per heavy atom. The Morgan fingerprint density at radius 2 is 1.48 bits per heavy atom. The highest BCUT2D eigenvalue weighted by Crippen LogP contribution is 2.44. The average molecular weight is 453 g/mol. The third-order valence-corrected chi connectivity index (χ3v) is 5.96. The fraction of sp³-hybridized carbons (Fsp3) is 0.423. The van der Waals surface area contributed by atoms with Gasteiger partial charge in [0, 0.05) is 24.4 Å².